The lowest BCUT2D eigenvalue weighted by atomic mass is 10.2. The average Bonchev–Trinajstić information content (AvgIpc) is 2.37. The molecule has 8 heteroatoms. The van der Waals surface area contributed by atoms with Crippen LogP contribution < -0.4 is 10.2 Å². The van der Waals surface area contributed by atoms with Gasteiger partial charge in [-0.2, -0.15) is 5.26 Å². The highest BCUT2D eigenvalue weighted by molar-refractivity contribution is 5.69. The molecule has 0 aromatic carbocycles. The Kier molecular flexibility index (Phi) is 4.37. The topological polar surface area (TPSA) is 108 Å². The van der Waals surface area contributed by atoms with Crippen LogP contribution in [0.25, 0.3) is 0 Å². The van der Waals surface area contributed by atoms with Gasteiger partial charge in [0, 0.05) is 20.6 Å². The molecule has 1 aromatic heterocycles. The van der Waals surface area contributed by atoms with Crippen LogP contribution in [-0.2, 0) is 0 Å². The fourth-order valence-electron chi connectivity index (χ4n) is 1.54. The third-order valence-corrected chi connectivity index (χ3v) is 2.35. The number of nitro groups is 1. The van der Waals surface area contributed by atoms with Gasteiger partial charge in [-0.25, -0.2) is 9.97 Å². The number of aromatic nitrogens is 2. The fourth-order valence-corrected chi connectivity index (χ4v) is 1.54. The van der Waals surface area contributed by atoms with Crippen molar-refractivity contribution >= 4 is 17.3 Å². The second-order valence-electron chi connectivity index (χ2n) is 3.81. The van der Waals surface area contributed by atoms with Crippen LogP contribution >= 0.6 is 0 Å². The summed E-state index contributed by atoms with van der Waals surface area (Å²) in [6.45, 7) is 2.10. The van der Waals surface area contributed by atoms with Crippen molar-refractivity contribution in [2.24, 2.45) is 5.92 Å². The molecule has 96 valence electrons. The van der Waals surface area contributed by atoms with Crippen LogP contribution in [0.2, 0.25) is 0 Å². The molecule has 0 saturated heterocycles. The van der Waals surface area contributed by atoms with Crippen LogP contribution in [0.4, 0.5) is 17.3 Å². The second-order valence-corrected chi connectivity index (χ2v) is 3.81. The van der Waals surface area contributed by atoms with Crippen molar-refractivity contribution in [2.75, 3.05) is 30.9 Å². The lowest BCUT2D eigenvalue weighted by molar-refractivity contribution is -0.383. The molecule has 18 heavy (non-hydrogen) atoms. The molecule has 0 bridgehead atoms. The Morgan fingerprint density at radius 3 is 2.83 bits per heavy atom. The van der Waals surface area contributed by atoms with Gasteiger partial charge >= 0.3 is 5.69 Å². The van der Waals surface area contributed by atoms with Gasteiger partial charge in [0.05, 0.1) is 16.9 Å². The van der Waals surface area contributed by atoms with Gasteiger partial charge in [0.1, 0.15) is 6.33 Å². The molecule has 0 aliphatic heterocycles. The molecule has 1 heterocycles. The predicted octanol–water partition coefficient (Wildman–Crippen LogP) is 1.02. The second kappa shape index (κ2) is 5.77. The molecule has 0 saturated carbocycles. The molecular formula is C10H14N6O2. The first-order valence-corrected chi connectivity index (χ1v) is 5.29. The molecule has 0 aliphatic carbocycles. The standard InChI is InChI=1S/C10H14N6O2/c1-7(4-11)5-15(3)10-8(16(17)18)9(12-2)13-6-14-10/h6-7H,5H2,1-3H3,(H,12,13,14). The van der Waals surface area contributed by atoms with Gasteiger partial charge in [-0.15, -0.1) is 0 Å². The van der Waals surface area contributed by atoms with Crippen molar-refractivity contribution in [1.29, 1.82) is 5.26 Å². The van der Waals surface area contributed by atoms with Gasteiger partial charge in [0.2, 0.25) is 11.6 Å². The maximum absolute atomic E-state index is 11.1. The van der Waals surface area contributed by atoms with Gasteiger partial charge in [0.15, 0.2) is 0 Å². The van der Waals surface area contributed by atoms with Gasteiger partial charge in [-0.1, -0.05) is 0 Å². The van der Waals surface area contributed by atoms with E-state index in [1.165, 1.54) is 6.33 Å². The molecule has 0 fully saturated rings. The number of nitrogens with one attached hydrogen (secondary N) is 1. The molecule has 0 radical (unpaired) electrons. The van der Waals surface area contributed by atoms with Crippen LogP contribution in [0, 0.1) is 27.4 Å². The fraction of sp³-hybridized carbons (Fsp3) is 0.500. The highest BCUT2D eigenvalue weighted by Crippen LogP contribution is 2.30. The zero-order chi connectivity index (χ0) is 13.7. The monoisotopic (exact) mass is 250 g/mol. The highest BCUT2D eigenvalue weighted by atomic mass is 16.6. The number of nitrogens with zero attached hydrogens (tertiary/aromatic N) is 5. The number of hydrogen-bond acceptors (Lipinski definition) is 7. The molecule has 0 aliphatic rings. The molecule has 1 N–H and O–H groups in total. The van der Waals surface area contributed by atoms with E-state index in [4.69, 9.17) is 5.26 Å². The van der Waals surface area contributed by atoms with Gasteiger partial charge in [-0.3, -0.25) is 10.1 Å². The first-order chi connectivity index (χ1) is 8.51. The third-order valence-electron chi connectivity index (χ3n) is 2.35. The number of rotatable bonds is 5. The van der Waals surface area contributed by atoms with Crippen molar-refractivity contribution in [1.82, 2.24) is 9.97 Å². The van der Waals surface area contributed by atoms with Crippen LogP contribution in [0.1, 0.15) is 6.92 Å². The summed E-state index contributed by atoms with van der Waals surface area (Å²) in [5, 5.41) is 22.5. The van der Waals surface area contributed by atoms with Crippen molar-refractivity contribution in [3.63, 3.8) is 0 Å². The molecule has 1 atom stereocenters. The van der Waals surface area contributed by atoms with E-state index in [9.17, 15) is 10.1 Å². The normalized spacial score (nSPS) is 11.4. The quantitative estimate of drug-likeness (QED) is 0.613. The Morgan fingerprint density at radius 1 is 1.67 bits per heavy atom. The SMILES string of the molecule is CNc1ncnc(N(C)CC(C)C#N)c1[N+](=O)[O-]. The number of nitriles is 1. The summed E-state index contributed by atoms with van der Waals surface area (Å²) in [5.41, 5.74) is -0.187. The first-order valence-electron chi connectivity index (χ1n) is 5.29. The zero-order valence-electron chi connectivity index (χ0n) is 10.4. The summed E-state index contributed by atoms with van der Waals surface area (Å²) >= 11 is 0. The summed E-state index contributed by atoms with van der Waals surface area (Å²) in [4.78, 5) is 19.8. The zero-order valence-corrected chi connectivity index (χ0v) is 10.4. The Labute approximate surface area is 104 Å². The van der Waals surface area contributed by atoms with E-state index in [-0.39, 0.29) is 23.2 Å². The van der Waals surface area contributed by atoms with Crippen LogP contribution in [0.15, 0.2) is 6.33 Å². The average molecular weight is 250 g/mol. The van der Waals surface area contributed by atoms with Gasteiger partial charge < -0.3 is 10.2 Å². The summed E-state index contributed by atoms with van der Waals surface area (Å²) in [5.74, 6) is 0.102. The Bertz CT molecular complexity index is 484. The third kappa shape index (κ3) is 2.82. The smallest absolute Gasteiger partial charge is 0.353 e. The number of hydrogen-bond donors (Lipinski definition) is 1. The molecular weight excluding hydrogens is 236 g/mol. The Hall–Kier alpha value is -2.43. The molecule has 1 unspecified atom stereocenters. The highest BCUT2D eigenvalue weighted by Gasteiger charge is 2.25. The van der Waals surface area contributed by atoms with Crippen LogP contribution in [-0.4, -0.2) is 35.5 Å². The lowest BCUT2D eigenvalue weighted by Gasteiger charge is -2.19. The van der Waals surface area contributed by atoms with E-state index >= 15 is 0 Å². The Morgan fingerprint density at radius 2 is 2.33 bits per heavy atom. The first kappa shape index (κ1) is 13.6. The Balaban J connectivity index is 3.16. The van der Waals surface area contributed by atoms with Gasteiger partial charge in [0.25, 0.3) is 0 Å². The van der Waals surface area contributed by atoms with Crippen molar-refractivity contribution in [3.05, 3.63) is 16.4 Å². The van der Waals surface area contributed by atoms with Crippen LogP contribution in [0.3, 0.4) is 0 Å². The molecule has 8 nitrogen and oxygen atoms in total. The van der Waals surface area contributed by atoms with E-state index in [0.29, 0.717) is 6.54 Å². The van der Waals surface area contributed by atoms with Crippen molar-refractivity contribution in [3.8, 4) is 6.07 Å². The lowest BCUT2D eigenvalue weighted by Crippen LogP contribution is -2.25. The summed E-state index contributed by atoms with van der Waals surface area (Å²) in [6.07, 6.45) is 1.25. The summed E-state index contributed by atoms with van der Waals surface area (Å²) < 4.78 is 0. The minimum Gasteiger partial charge on any atom is -0.367 e. The molecule has 1 rings (SSSR count). The maximum atomic E-state index is 11.1. The largest absolute Gasteiger partial charge is 0.367 e. The van der Waals surface area contributed by atoms with E-state index in [0.717, 1.165) is 0 Å². The van der Waals surface area contributed by atoms with Gasteiger partial charge in [-0.05, 0) is 6.92 Å². The van der Waals surface area contributed by atoms with E-state index in [1.54, 1.807) is 25.9 Å². The predicted molar refractivity (Wildman–Crippen MR) is 66.3 cm³/mol. The van der Waals surface area contributed by atoms with E-state index in [1.807, 2.05) is 0 Å². The molecule has 1 aromatic rings. The summed E-state index contributed by atoms with van der Waals surface area (Å²) in [6, 6.07) is 2.07. The number of anilines is 2. The van der Waals surface area contributed by atoms with Crippen molar-refractivity contribution < 1.29 is 4.92 Å². The van der Waals surface area contributed by atoms with Crippen molar-refractivity contribution in [2.45, 2.75) is 6.92 Å². The minimum absolute atomic E-state index is 0.154. The molecule has 0 amide bonds. The van der Waals surface area contributed by atoms with E-state index < -0.39 is 4.92 Å². The molecule has 0 spiro atoms. The minimum atomic E-state index is -0.533. The maximum Gasteiger partial charge on any atom is 0.353 e. The summed E-state index contributed by atoms with van der Waals surface area (Å²) in [7, 11) is 3.21. The van der Waals surface area contributed by atoms with E-state index in [2.05, 4.69) is 21.4 Å². The van der Waals surface area contributed by atoms with Crippen LogP contribution in [0.5, 0.6) is 0 Å².